The van der Waals surface area contributed by atoms with E-state index in [-0.39, 0.29) is 6.04 Å². The predicted molar refractivity (Wildman–Crippen MR) is 97.8 cm³/mol. The van der Waals surface area contributed by atoms with Gasteiger partial charge in [-0.2, -0.15) is 0 Å². The molecular weight excluding hydrogens is 352 g/mol. The molecule has 0 saturated heterocycles. The number of carbonyl (C=O) groups is 1. The van der Waals surface area contributed by atoms with Gasteiger partial charge in [0.05, 0.1) is 6.04 Å². The van der Waals surface area contributed by atoms with Crippen LogP contribution in [0.3, 0.4) is 0 Å². The van der Waals surface area contributed by atoms with E-state index in [0.717, 1.165) is 34.1 Å². The summed E-state index contributed by atoms with van der Waals surface area (Å²) in [5.41, 5.74) is 11.5. The second-order valence-electron chi connectivity index (χ2n) is 5.87. The van der Waals surface area contributed by atoms with Crippen molar-refractivity contribution in [1.29, 1.82) is 0 Å². The minimum absolute atomic E-state index is 0.0461. The number of hydrogen-bond acceptors (Lipinski definition) is 2. The summed E-state index contributed by atoms with van der Waals surface area (Å²) in [6.07, 6.45) is 3.89. The van der Waals surface area contributed by atoms with E-state index in [1.807, 2.05) is 23.1 Å². The third-order valence-corrected chi connectivity index (χ3v) is 4.76. The lowest BCUT2D eigenvalue weighted by molar-refractivity contribution is -0.119. The van der Waals surface area contributed by atoms with Gasteiger partial charge < -0.3 is 10.6 Å². The van der Waals surface area contributed by atoms with Crippen LogP contribution in [-0.4, -0.2) is 17.9 Å². The molecule has 1 heterocycles. The van der Waals surface area contributed by atoms with Crippen LogP contribution < -0.4 is 5.73 Å². The Morgan fingerprint density at radius 3 is 2.65 bits per heavy atom. The van der Waals surface area contributed by atoms with E-state index >= 15 is 0 Å². The summed E-state index contributed by atoms with van der Waals surface area (Å²) in [6, 6.07) is 14.2. The highest BCUT2D eigenvalue weighted by Gasteiger charge is 2.23. The molecule has 118 valence electrons. The molecule has 0 bridgehead atoms. The molecule has 1 aliphatic heterocycles. The largest absolute Gasteiger partial charge is 0.398 e. The van der Waals surface area contributed by atoms with E-state index in [1.54, 1.807) is 0 Å². The highest BCUT2D eigenvalue weighted by molar-refractivity contribution is 9.10. The van der Waals surface area contributed by atoms with Crippen LogP contribution in [0, 0.1) is 6.92 Å². The van der Waals surface area contributed by atoms with Gasteiger partial charge in [-0.15, -0.1) is 0 Å². The molecule has 1 aliphatic rings. The zero-order valence-corrected chi connectivity index (χ0v) is 14.6. The lowest BCUT2D eigenvalue weighted by atomic mass is 9.91. The summed E-state index contributed by atoms with van der Waals surface area (Å²) in [5, 5.41) is 0. The van der Waals surface area contributed by atoms with Crippen molar-refractivity contribution in [3.05, 3.63) is 69.7 Å². The Balaban J connectivity index is 2.03. The Kier molecular flexibility index (Phi) is 4.53. The first-order chi connectivity index (χ1) is 11.1. The number of carbonyl (C=O) groups excluding carboxylic acids is 1. The van der Waals surface area contributed by atoms with Gasteiger partial charge in [-0.05, 0) is 42.7 Å². The third-order valence-electron chi connectivity index (χ3n) is 4.27. The SMILES string of the molecule is Cc1ccc(C2C=C(c3cc(Br)ccc3N)CCN2C=O)cc1. The lowest BCUT2D eigenvalue weighted by Gasteiger charge is -2.32. The monoisotopic (exact) mass is 370 g/mol. The summed E-state index contributed by atoms with van der Waals surface area (Å²) in [5.74, 6) is 0. The molecule has 1 unspecified atom stereocenters. The molecule has 1 atom stereocenters. The second kappa shape index (κ2) is 6.59. The van der Waals surface area contributed by atoms with Crippen molar-refractivity contribution in [3.8, 4) is 0 Å². The first kappa shape index (κ1) is 15.8. The summed E-state index contributed by atoms with van der Waals surface area (Å²) < 4.78 is 1.01. The number of benzene rings is 2. The van der Waals surface area contributed by atoms with Gasteiger partial charge in [-0.1, -0.05) is 51.8 Å². The molecule has 2 N–H and O–H groups in total. The van der Waals surface area contributed by atoms with Crippen molar-refractivity contribution >= 4 is 33.6 Å². The summed E-state index contributed by atoms with van der Waals surface area (Å²) >= 11 is 3.51. The number of anilines is 1. The maximum absolute atomic E-state index is 11.4. The first-order valence-electron chi connectivity index (χ1n) is 7.62. The number of amides is 1. The Bertz CT molecular complexity index is 752. The van der Waals surface area contributed by atoms with Gasteiger partial charge in [-0.25, -0.2) is 0 Å². The van der Waals surface area contributed by atoms with Crippen LogP contribution in [0.2, 0.25) is 0 Å². The molecule has 0 aromatic heterocycles. The number of nitrogens with zero attached hydrogens (tertiary/aromatic N) is 1. The van der Waals surface area contributed by atoms with Crippen LogP contribution >= 0.6 is 15.9 Å². The quantitative estimate of drug-likeness (QED) is 0.645. The van der Waals surface area contributed by atoms with Crippen LogP contribution in [0.15, 0.2) is 53.0 Å². The highest BCUT2D eigenvalue weighted by atomic mass is 79.9. The van der Waals surface area contributed by atoms with E-state index in [1.165, 1.54) is 11.1 Å². The van der Waals surface area contributed by atoms with Crippen LogP contribution in [0.5, 0.6) is 0 Å². The van der Waals surface area contributed by atoms with E-state index in [4.69, 9.17) is 5.73 Å². The average Bonchev–Trinajstić information content (AvgIpc) is 2.57. The number of hydrogen-bond donors (Lipinski definition) is 1. The summed E-state index contributed by atoms with van der Waals surface area (Å²) in [6.45, 7) is 2.76. The molecule has 23 heavy (non-hydrogen) atoms. The van der Waals surface area contributed by atoms with Crippen LogP contribution in [0.25, 0.3) is 5.57 Å². The van der Waals surface area contributed by atoms with Gasteiger partial charge in [0.15, 0.2) is 0 Å². The summed E-state index contributed by atoms with van der Waals surface area (Å²) in [4.78, 5) is 13.3. The maximum Gasteiger partial charge on any atom is 0.210 e. The molecule has 0 radical (unpaired) electrons. The Labute approximate surface area is 144 Å². The number of rotatable bonds is 3. The maximum atomic E-state index is 11.4. The fourth-order valence-corrected chi connectivity index (χ4v) is 3.32. The van der Waals surface area contributed by atoms with E-state index in [2.05, 4.69) is 53.2 Å². The predicted octanol–water partition coefficient (Wildman–Crippen LogP) is 4.33. The molecule has 0 spiro atoms. The van der Waals surface area contributed by atoms with E-state index in [0.29, 0.717) is 6.54 Å². The van der Waals surface area contributed by atoms with E-state index in [9.17, 15) is 4.79 Å². The van der Waals surface area contributed by atoms with Gasteiger partial charge in [0.25, 0.3) is 0 Å². The van der Waals surface area contributed by atoms with E-state index < -0.39 is 0 Å². The average molecular weight is 371 g/mol. The Morgan fingerprint density at radius 1 is 1.22 bits per heavy atom. The molecule has 0 fully saturated rings. The smallest absolute Gasteiger partial charge is 0.210 e. The molecule has 1 amide bonds. The van der Waals surface area contributed by atoms with Gasteiger partial charge in [0.1, 0.15) is 0 Å². The van der Waals surface area contributed by atoms with Crippen LogP contribution in [0.4, 0.5) is 5.69 Å². The number of nitrogens with two attached hydrogens (primary N) is 1. The standard InChI is InChI=1S/C19H19BrN2O/c1-13-2-4-14(5-3-13)19-10-15(8-9-22(19)12-23)17-11-16(20)6-7-18(17)21/h2-7,10-12,19H,8-9,21H2,1H3. The molecule has 0 saturated carbocycles. The van der Waals surface area contributed by atoms with Gasteiger partial charge in [0, 0.05) is 22.3 Å². The molecule has 3 nitrogen and oxygen atoms in total. The van der Waals surface area contributed by atoms with Crippen molar-refractivity contribution < 1.29 is 4.79 Å². The zero-order chi connectivity index (χ0) is 16.4. The first-order valence-corrected chi connectivity index (χ1v) is 8.41. The second-order valence-corrected chi connectivity index (χ2v) is 6.79. The number of aryl methyl sites for hydroxylation is 1. The van der Waals surface area contributed by atoms with Crippen molar-refractivity contribution in [2.24, 2.45) is 0 Å². The Morgan fingerprint density at radius 2 is 1.96 bits per heavy atom. The topological polar surface area (TPSA) is 46.3 Å². The molecule has 0 aliphatic carbocycles. The lowest BCUT2D eigenvalue weighted by Crippen LogP contribution is -2.30. The summed E-state index contributed by atoms with van der Waals surface area (Å²) in [7, 11) is 0. The van der Waals surface area contributed by atoms with Crippen LogP contribution in [0.1, 0.15) is 29.2 Å². The van der Waals surface area contributed by atoms with Crippen molar-refractivity contribution in [2.75, 3.05) is 12.3 Å². The minimum atomic E-state index is -0.0461. The number of nitrogen functional groups attached to an aromatic ring is 1. The minimum Gasteiger partial charge on any atom is -0.398 e. The molecule has 2 aromatic rings. The fraction of sp³-hybridized carbons (Fsp3) is 0.211. The van der Waals surface area contributed by atoms with Gasteiger partial charge in [0.2, 0.25) is 6.41 Å². The molecule has 2 aromatic carbocycles. The van der Waals surface area contributed by atoms with Crippen molar-refractivity contribution in [3.63, 3.8) is 0 Å². The van der Waals surface area contributed by atoms with Gasteiger partial charge in [-0.3, -0.25) is 4.79 Å². The highest BCUT2D eigenvalue weighted by Crippen LogP contribution is 2.35. The fourth-order valence-electron chi connectivity index (χ4n) is 2.96. The van der Waals surface area contributed by atoms with Gasteiger partial charge >= 0.3 is 0 Å². The van der Waals surface area contributed by atoms with Crippen LogP contribution in [-0.2, 0) is 4.79 Å². The molecule has 3 rings (SSSR count). The third kappa shape index (κ3) is 3.32. The molecular formula is C19H19BrN2O. The van der Waals surface area contributed by atoms with Crippen molar-refractivity contribution in [1.82, 2.24) is 4.90 Å². The number of halogens is 1. The normalized spacial score (nSPS) is 17.7. The Hall–Kier alpha value is -2.07. The van der Waals surface area contributed by atoms with Crippen molar-refractivity contribution in [2.45, 2.75) is 19.4 Å². The zero-order valence-electron chi connectivity index (χ0n) is 13.0. The molecule has 4 heteroatoms.